The highest BCUT2D eigenvalue weighted by Gasteiger charge is 2.13. The topological polar surface area (TPSA) is 71.2 Å². The van der Waals surface area contributed by atoms with Gasteiger partial charge in [0.15, 0.2) is 0 Å². The zero-order valence-electron chi connectivity index (χ0n) is 12.3. The predicted molar refractivity (Wildman–Crippen MR) is 85.5 cm³/mol. The van der Waals surface area contributed by atoms with Gasteiger partial charge in [0.1, 0.15) is 0 Å². The van der Waals surface area contributed by atoms with Crippen LogP contribution in [0.3, 0.4) is 0 Å². The maximum atomic E-state index is 11.9. The summed E-state index contributed by atoms with van der Waals surface area (Å²) >= 11 is 0. The fraction of sp³-hybridized carbons (Fsp3) is 0.250. The first-order chi connectivity index (χ1) is 10.1. The van der Waals surface area contributed by atoms with Gasteiger partial charge in [-0.15, -0.1) is 0 Å². The van der Waals surface area contributed by atoms with E-state index in [0.717, 1.165) is 18.7 Å². The molecule has 0 spiro atoms. The molecule has 0 unspecified atom stereocenters. The Labute approximate surface area is 124 Å². The maximum absolute atomic E-state index is 11.9. The number of hydrogen-bond donors (Lipinski definition) is 2. The predicted octanol–water partition coefficient (Wildman–Crippen LogP) is 1.70. The van der Waals surface area contributed by atoms with Gasteiger partial charge in [0.05, 0.1) is 11.3 Å². The van der Waals surface area contributed by atoms with Crippen LogP contribution in [0.25, 0.3) is 0 Å². The number of benzene rings is 1. The third-order valence-electron chi connectivity index (χ3n) is 3.39. The first kappa shape index (κ1) is 14.8. The van der Waals surface area contributed by atoms with Gasteiger partial charge in [-0.1, -0.05) is 0 Å². The normalized spacial score (nSPS) is 10.2. The third kappa shape index (κ3) is 3.72. The second-order valence-corrected chi connectivity index (χ2v) is 4.88. The van der Waals surface area contributed by atoms with Crippen molar-refractivity contribution in [3.63, 3.8) is 0 Å². The Morgan fingerprint density at radius 1 is 1.29 bits per heavy atom. The quantitative estimate of drug-likeness (QED) is 0.820. The summed E-state index contributed by atoms with van der Waals surface area (Å²) in [5.74, 6) is -0.110. The number of nitrogens with zero attached hydrogens (tertiary/aromatic N) is 2. The first-order valence-electron chi connectivity index (χ1n) is 6.83. The molecule has 5 nitrogen and oxygen atoms in total. The zero-order valence-corrected chi connectivity index (χ0v) is 12.3. The van der Waals surface area contributed by atoms with E-state index >= 15 is 0 Å². The van der Waals surface area contributed by atoms with Crippen LogP contribution < -0.4 is 16.0 Å². The first-order valence-corrected chi connectivity index (χ1v) is 6.83. The summed E-state index contributed by atoms with van der Waals surface area (Å²) in [6, 6.07) is 9.31. The summed E-state index contributed by atoms with van der Waals surface area (Å²) in [7, 11) is 3.59. The summed E-state index contributed by atoms with van der Waals surface area (Å²) in [5, 5.41) is 2.66. The molecule has 1 heterocycles. The minimum atomic E-state index is -0.110. The average Bonchev–Trinajstić information content (AvgIpc) is 2.52. The number of pyridine rings is 1. The fourth-order valence-corrected chi connectivity index (χ4v) is 2.16. The van der Waals surface area contributed by atoms with Crippen molar-refractivity contribution in [2.24, 2.45) is 0 Å². The van der Waals surface area contributed by atoms with Gasteiger partial charge in [-0.2, -0.15) is 0 Å². The number of anilines is 2. The molecule has 21 heavy (non-hydrogen) atoms. The minimum absolute atomic E-state index is 0.110. The largest absolute Gasteiger partial charge is 0.399 e. The van der Waals surface area contributed by atoms with Gasteiger partial charge >= 0.3 is 0 Å². The van der Waals surface area contributed by atoms with E-state index in [9.17, 15) is 4.79 Å². The van der Waals surface area contributed by atoms with Crippen LogP contribution in [-0.2, 0) is 6.42 Å². The summed E-state index contributed by atoms with van der Waals surface area (Å²) in [6.45, 7) is 0.789. The highest BCUT2D eigenvalue weighted by Crippen LogP contribution is 2.23. The van der Waals surface area contributed by atoms with Gasteiger partial charge in [-0.05, 0) is 42.3 Å². The van der Waals surface area contributed by atoms with Crippen LogP contribution >= 0.6 is 0 Å². The minimum Gasteiger partial charge on any atom is -0.399 e. The van der Waals surface area contributed by atoms with Crippen molar-refractivity contribution < 1.29 is 4.79 Å². The molecule has 0 saturated carbocycles. The van der Waals surface area contributed by atoms with Crippen molar-refractivity contribution in [3.05, 3.63) is 53.9 Å². The molecule has 1 aromatic carbocycles. The van der Waals surface area contributed by atoms with Crippen molar-refractivity contribution in [2.45, 2.75) is 6.42 Å². The lowest BCUT2D eigenvalue weighted by Crippen LogP contribution is -2.26. The number of hydrogen-bond acceptors (Lipinski definition) is 4. The third-order valence-corrected chi connectivity index (χ3v) is 3.39. The van der Waals surface area contributed by atoms with E-state index in [0.29, 0.717) is 11.3 Å². The van der Waals surface area contributed by atoms with Gasteiger partial charge in [-0.25, -0.2) is 0 Å². The molecule has 1 amide bonds. The van der Waals surface area contributed by atoms with Crippen molar-refractivity contribution in [1.82, 2.24) is 10.3 Å². The molecule has 0 fully saturated rings. The van der Waals surface area contributed by atoms with Gasteiger partial charge in [0.2, 0.25) is 0 Å². The second kappa shape index (κ2) is 6.74. The molecule has 110 valence electrons. The van der Waals surface area contributed by atoms with E-state index in [1.54, 1.807) is 31.6 Å². The summed E-state index contributed by atoms with van der Waals surface area (Å²) in [4.78, 5) is 18.0. The number of rotatable bonds is 5. The highest BCUT2D eigenvalue weighted by molar-refractivity contribution is 6.00. The van der Waals surface area contributed by atoms with E-state index < -0.39 is 0 Å². The van der Waals surface area contributed by atoms with E-state index in [1.807, 2.05) is 30.1 Å². The van der Waals surface area contributed by atoms with Crippen LogP contribution in [0.15, 0.2) is 42.7 Å². The number of amides is 1. The lowest BCUT2D eigenvalue weighted by atomic mass is 10.1. The van der Waals surface area contributed by atoms with Crippen LogP contribution in [0.2, 0.25) is 0 Å². The smallest absolute Gasteiger partial charge is 0.253 e. The summed E-state index contributed by atoms with van der Waals surface area (Å²) < 4.78 is 0. The molecule has 0 atom stereocenters. The van der Waals surface area contributed by atoms with E-state index in [2.05, 4.69) is 10.3 Å². The molecule has 2 rings (SSSR count). The number of nitrogen functional groups attached to an aromatic ring is 1. The lowest BCUT2D eigenvalue weighted by molar-refractivity contribution is 0.0963. The average molecular weight is 284 g/mol. The molecule has 0 saturated heterocycles. The fourth-order valence-electron chi connectivity index (χ4n) is 2.16. The standard InChI is InChI=1S/C16H20N4O/c1-18-16(21)14-4-3-13(17)11-15(14)20(2)10-7-12-5-8-19-9-6-12/h3-6,8-9,11H,7,10,17H2,1-2H3,(H,18,21). The number of likely N-dealkylation sites (N-methyl/N-ethyl adjacent to an activating group) is 1. The Balaban J connectivity index is 2.16. The number of carbonyl (C=O) groups is 1. The van der Waals surface area contributed by atoms with Crippen molar-refractivity contribution >= 4 is 17.3 Å². The van der Waals surface area contributed by atoms with Crippen LogP contribution in [0, 0.1) is 0 Å². The summed E-state index contributed by atoms with van der Waals surface area (Å²) in [5.41, 5.74) is 9.17. The second-order valence-electron chi connectivity index (χ2n) is 4.88. The Morgan fingerprint density at radius 3 is 2.67 bits per heavy atom. The van der Waals surface area contributed by atoms with Crippen molar-refractivity contribution in [1.29, 1.82) is 0 Å². The van der Waals surface area contributed by atoms with Crippen molar-refractivity contribution in [2.75, 3.05) is 31.3 Å². The molecular formula is C16H20N4O. The van der Waals surface area contributed by atoms with Crippen LogP contribution in [0.5, 0.6) is 0 Å². The van der Waals surface area contributed by atoms with E-state index in [-0.39, 0.29) is 5.91 Å². The molecule has 0 radical (unpaired) electrons. The van der Waals surface area contributed by atoms with E-state index in [4.69, 9.17) is 5.73 Å². The maximum Gasteiger partial charge on any atom is 0.253 e. The Kier molecular flexibility index (Phi) is 4.77. The van der Waals surface area contributed by atoms with Crippen LogP contribution in [0.4, 0.5) is 11.4 Å². The molecule has 2 aromatic rings. The van der Waals surface area contributed by atoms with Crippen LogP contribution in [-0.4, -0.2) is 31.5 Å². The SMILES string of the molecule is CNC(=O)c1ccc(N)cc1N(C)CCc1ccncc1. The zero-order chi connectivity index (χ0) is 15.2. The molecule has 0 bridgehead atoms. The Morgan fingerprint density at radius 2 is 2.00 bits per heavy atom. The Hall–Kier alpha value is -2.56. The van der Waals surface area contributed by atoms with Gasteiger partial charge in [0.25, 0.3) is 5.91 Å². The summed E-state index contributed by atoms with van der Waals surface area (Å²) in [6.07, 6.45) is 4.44. The van der Waals surface area contributed by atoms with Crippen molar-refractivity contribution in [3.8, 4) is 0 Å². The van der Waals surface area contributed by atoms with Gasteiger partial charge in [-0.3, -0.25) is 9.78 Å². The number of aromatic nitrogens is 1. The van der Waals surface area contributed by atoms with Crippen LogP contribution in [0.1, 0.15) is 15.9 Å². The molecule has 0 aliphatic rings. The molecule has 3 N–H and O–H groups in total. The molecule has 0 aliphatic heterocycles. The molecule has 0 aliphatic carbocycles. The lowest BCUT2D eigenvalue weighted by Gasteiger charge is -2.22. The van der Waals surface area contributed by atoms with E-state index in [1.165, 1.54) is 5.56 Å². The molecule has 5 heteroatoms. The highest BCUT2D eigenvalue weighted by atomic mass is 16.1. The number of carbonyl (C=O) groups excluding carboxylic acids is 1. The molecule has 1 aromatic heterocycles. The van der Waals surface area contributed by atoms with Gasteiger partial charge < -0.3 is 16.0 Å². The van der Waals surface area contributed by atoms with Gasteiger partial charge in [0, 0.05) is 38.7 Å². The monoisotopic (exact) mass is 284 g/mol. The number of nitrogens with two attached hydrogens (primary N) is 1. The number of nitrogens with one attached hydrogen (secondary N) is 1. The Bertz CT molecular complexity index is 613. The molecular weight excluding hydrogens is 264 g/mol.